The van der Waals surface area contributed by atoms with E-state index in [0.717, 1.165) is 12.8 Å². The van der Waals surface area contributed by atoms with E-state index in [2.05, 4.69) is 4.98 Å². The third-order valence-corrected chi connectivity index (χ3v) is 5.63. The lowest BCUT2D eigenvalue weighted by atomic mass is 9.97. The van der Waals surface area contributed by atoms with Gasteiger partial charge < -0.3 is 10.8 Å². The van der Waals surface area contributed by atoms with Crippen LogP contribution in [0, 0.1) is 5.92 Å². The number of halogens is 1. The fraction of sp³-hybridized carbons (Fsp3) is 0.583. The number of nitrogens with zero attached hydrogens (tertiary/aromatic N) is 2. The Morgan fingerprint density at radius 2 is 2.30 bits per heavy atom. The van der Waals surface area contributed by atoms with Crippen LogP contribution in [0.3, 0.4) is 0 Å². The molecule has 1 aromatic heterocycles. The van der Waals surface area contributed by atoms with Crippen LogP contribution in [0.1, 0.15) is 19.3 Å². The van der Waals surface area contributed by atoms with Crippen LogP contribution < -0.4 is 5.73 Å². The lowest BCUT2D eigenvalue weighted by Crippen LogP contribution is -2.40. The number of nitrogens with two attached hydrogens (primary N) is 1. The van der Waals surface area contributed by atoms with Crippen LogP contribution >= 0.6 is 11.6 Å². The molecule has 2 rings (SSSR count). The Balaban J connectivity index is 2.23. The van der Waals surface area contributed by atoms with Gasteiger partial charge in [-0.15, -0.1) is 0 Å². The second-order valence-corrected chi connectivity index (χ2v) is 7.27. The first-order valence-corrected chi connectivity index (χ1v) is 8.29. The van der Waals surface area contributed by atoms with Crippen LogP contribution in [0.25, 0.3) is 0 Å². The van der Waals surface area contributed by atoms with Gasteiger partial charge in [0.05, 0.1) is 5.02 Å². The molecule has 0 aliphatic carbocycles. The predicted octanol–water partition coefficient (Wildman–Crippen LogP) is 1.10. The molecule has 6 nitrogen and oxygen atoms in total. The molecule has 0 amide bonds. The number of hydrogen-bond acceptors (Lipinski definition) is 5. The summed E-state index contributed by atoms with van der Waals surface area (Å²) in [6.45, 7) is 0.977. The van der Waals surface area contributed by atoms with E-state index >= 15 is 0 Å². The van der Waals surface area contributed by atoms with Crippen LogP contribution in [0.4, 0.5) is 5.82 Å². The number of aliphatic hydroxyl groups excluding tert-OH is 1. The van der Waals surface area contributed by atoms with Gasteiger partial charge in [-0.2, -0.15) is 4.31 Å². The standard InChI is InChI=1S/C12H18ClN3O3S/c13-11-6-10(7-15-12(11)14)20(18,19)16-4-1-2-9(8-16)3-5-17/h6-7,9,17H,1-5,8H2,(H2,14,15). The highest BCUT2D eigenvalue weighted by molar-refractivity contribution is 7.89. The van der Waals surface area contributed by atoms with E-state index in [1.807, 2.05) is 0 Å². The highest BCUT2D eigenvalue weighted by Gasteiger charge is 2.30. The molecule has 0 radical (unpaired) electrons. The molecule has 8 heteroatoms. The quantitative estimate of drug-likeness (QED) is 0.866. The fourth-order valence-electron chi connectivity index (χ4n) is 2.38. The summed E-state index contributed by atoms with van der Waals surface area (Å²) < 4.78 is 26.5. The van der Waals surface area contributed by atoms with Crippen molar-refractivity contribution in [1.29, 1.82) is 0 Å². The summed E-state index contributed by atoms with van der Waals surface area (Å²) in [5.41, 5.74) is 5.49. The van der Waals surface area contributed by atoms with Gasteiger partial charge in [0.15, 0.2) is 0 Å². The number of nitrogen functional groups attached to an aromatic ring is 1. The topological polar surface area (TPSA) is 96.5 Å². The maximum atomic E-state index is 12.5. The third kappa shape index (κ3) is 3.22. The van der Waals surface area contributed by atoms with Crippen LogP contribution in [-0.2, 0) is 10.0 Å². The normalized spacial score (nSPS) is 21.0. The summed E-state index contributed by atoms with van der Waals surface area (Å²) in [6.07, 6.45) is 3.58. The van der Waals surface area contributed by atoms with E-state index in [9.17, 15) is 8.42 Å². The summed E-state index contributed by atoms with van der Waals surface area (Å²) in [4.78, 5) is 3.85. The number of aliphatic hydroxyl groups is 1. The maximum Gasteiger partial charge on any atom is 0.244 e. The monoisotopic (exact) mass is 319 g/mol. The minimum atomic E-state index is -3.60. The predicted molar refractivity (Wildman–Crippen MR) is 76.8 cm³/mol. The first-order chi connectivity index (χ1) is 9.45. The summed E-state index contributed by atoms with van der Waals surface area (Å²) in [5.74, 6) is 0.308. The van der Waals surface area contributed by atoms with Gasteiger partial charge in [0, 0.05) is 25.9 Å². The van der Waals surface area contributed by atoms with Crippen LogP contribution in [-0.4, -0.2) is 42.5 Å². The summed E-state index contributed by atoms with van der Waals surface area (Å²) in [6, 6.07) is 1.33. The molecule has 1 aliphatic rings. The molecular weight excluding hydrogens is 302 g/mol. The van der Waals surface area contributed by atoms with Gasteiger partial charge in [-0.05, 0) is 31.2 Å². The smallest absolute Gasteiger partial charge is 0.244 e. The van der Waals surface area contributed by atoms with Crippen molar-refractivity contribution in [2.24, 2.45) is 5.92 Å². The molecule has 0 bridgehead atoms. The van der Waals surface area contributed by atoms with Gasteiger partial charge in [-0.25, -0.2) is 13.4 Å². The van der Waals surface area contributed by atoms with Crippen molar-refractivity contribution < 1.29 is 13.5 Å². The van der Waals surface area contributed by atoms with Gasteiger partial charge in [0.2, 0.25) is 10.0 Å². The van der Waals surface area contributed by atoms with Gasteiger partial charge in [0.1, 0.15) is 10.7 Å². The molecule has 1 saturated heterocycles. The highest BCUT2D eigenvalue weighted by atomic mass is 35.5. The fourth-order valence-corrected chi connectivity index (χ4v) is 4.14. The molecule has 20 heavy (non-hydrogen) atoms. The Morgan fingerprint density at radius 3 is 2.95 bits per heavy atom. The largest absolute Gasteiger partial charge is 0.396 e. The molecular formula is C12H18ClN3O3S. The number of anilines is 1. The number of pyridine rings is 1. The van der Waals surface area contributed by atoms with Crippen LogP contribution in [0.2, 0.25) is 5.02 Å². The van der Waals surface area contributed by atoms with Gasteiger partial charge in [-0.1, -0.05) is 11.6 Å². The molecule has 0 spiro atoms. The van der Waals surface area contributed by atoms with Crippen molar-refractivity contribution in [3.63, 3.8) is 0 Å². The number of hydrogen-bond donors (Lipinski definition) is 2. The number of sulfonamides is 1. The van der Waals surface area contributed by atoms with Crippen LogP contribution in [0.5, 0.6) is 0 Å². The number of aromatic nitrogens is 1. The van der Waals surface area contributed by atoms with Crippen molar-refractivity contribution >= 4 is 27.4 Å². The zero-order valence-electron chi connectivity index (χ0n) is 11.0. The average Bonchev–Trinajstić information content (AvgIpc) is 2.42. The summed E-state index contributed by atoms with van der Waals surface area (Å²) >= 11 is 5.83. The van der Waals surface area contributed by atoms with E-state index < -0.39 is 10.0 Å². The van der Waals surface area contributed by atoms with E-state index in [1.165, 1.54) is 16.6 Å². The average molecular weight is 320 g/mol. The van der Waals surface area contributed by atoms with Crippen LogP contribution in [0.15, 0.2) is 17.2 Å². The Kier molecular flexibility index (Phi) is 4.85. The molecule has 1 unspecified atom stereocenters. The number of piperidine rings is 1. The Bertz CT molecular complexity index is 577. The first-order valence-electron chi connectivity index (χ1n) is 6.47. The summed E-state index contributed by atoms with van der Waals surface area (Å²) in [7, 11) is -3.60. The molecule has 0 aromatic carbocycles. The minimum absolute atomic E-state index is 0.0568. The van der Waals surface area contributed by atoms with Gasteiger partial charge >= 0.3 is 0 Å². The Labute approximate surface area is 123 Å². The molecule has 0 saturated carbocycles. The lowest BCUT2D eigenvalue weighted by molar-refractivity contribution is 0.203. The highest BCUT2D eigenvalue weighted by Crippen LogP contribution is 2.27. The molecule has 1 aromatic rings. The lowest BCUT2D eigenvalue weighted by Gasteiger charge is -2.31. The van der Waals surface area contributed by atoms with Gasteiger partial charge in [-0.3, -0.25) is 0 Å². The van der Waals surface area contributed by atoms with Crippen molar-refractivity contribution in [1.82, 2.24) is 9.29 Å². The summed E-state index contributed by atoms with van der Waals surface area (Å²) in [5, 5.41) is 9.12. The maximum absolute atomic E-state index is 12.5. The van der Waals surface area contributed by atoms with Crippen molar-refractivity contribution in [3.8, 4) is 0 Å². The van der Waals surface area contributed by atoms with E-state index in [1.54, 1.807) is 0 Å². The molecule has 1 atom stereocenters. The zero-order valence-corrected chi connectivity index (χ0v) is 12.6. The van der Waals surface area contributed by atoms with Crippen molar-refractivity contribution in [2.45, 2.75) is 24.2 Å². The van der Waals surface area contributed by atoms with E-state index in [4.69, 9.17) is 22.4 Å². The second-order valence-electron chi connectivity index (χ2n) is 4.92. The number of rotatable bonds is 4. The van der Waals surface area contributed by atoms with Crippen molar-refractivity contribution in [2.75, 3.05) is 25.4 Å². The molecule has 1 aliphatic heterocycles. The third-order valence-electron chi connectivity index (χ3n) is 3.50. The molecule has 2 heterocycles. The zero-order chi connectivity index (χ0) is 14.8. The first kappa shape index (κ1) is 15.5. The Morgan fingerprint density at radius 1 is 1.55 bits per heavy atom. The molecule has 3 N–H and O–H groups in total. The minimum Gasteiger partial charge on any atom is -0.396 e. The van der Waals surface area contributed by atoms with E-state index in [-0.39, 0.29) is 28.3 Å². The van der Waals surface area contributed by atoms with Crippen molar-refractivity contribution in [3.05, 3.63) is 17.3 Å². The van der Waals surface area contributed by atoms with Gasteiger partial charge in [0.25, 0.3) is 0 Å². The van der Waals surface area contributed by atoms with E-state index in [0.29, 0.717) is 19.5 Å². The second kappa shape index (κ2) is 6.26. The Hall–Kier alpha value is -0.890. The SMILES string of the molecule is Nc1ncc(S(=O)(=O)N2CCCC(CCO)C2)cc1Cl. The molecule has 112 valence electrons. The molecule has 1 fully saturated rings.